The van der Waals surface area contributed by atoms with Crippen molar-refractivity contribution in [3.63, 3.8) is 0 Å². The van der Waals surface area contributed by atoms with Crippen molar-refractivity contribution in [3.05, 3.63) is 102 Å². The molecule has 9 nitrogen and oxygen atoms in total. The van der Waals surface area contributed by atoms with E-state index in [4.69, 9.17) is 15.7 Å². The number of rotatable bonds is 7. The maximum Gasteiger partial charge on any atom is 0.280 e. The van der Waals surface area contributed by atoms with Gasteiger partial charge in [0.1, 0.15) is 23.2 Å². The van der Waals surface area contributed by atoms with Gasteiger partial charge in [-0.25, -0.2) is 8.42 Å². The molecule has 0 radical (unpaired) electrons. The van der Waals surface area contributed by atoms with Crippen molar-refractivity contribution in [2.45, 2.75) is 11.4 Å². The normalized spacial score (nSPS) is 11.0. The zero-order chi connectivity index (χ0) is 25.0. The molecule has 1 heterocycles. The van der Waals surface area contributed by atoms with E-state index in [0.717, 1.165) is 10.2 Å². The van der Waals surface area contributed by atoms with Gasteiger partial charge < -0.3 is 10.5 Å². The van der Waals surface area contributed by atoms with Crippen molar-refractivity contribution in [2.24, 2.45) is 0 Å². The van der Waals surface area contributed by atoms with E-state index in [9.17, 15) is 13.2 Å². The lowest BCUT2D eigenvalue weighted by Gasteiger charge is -2.25. The van der Waals surface area contributed by atoms with Gasteiger partial charge in [0, 0.05) is 5.56 Å². The molecule has 3 aromatic carbocycles. The van der Waals surface area contributed by atoms with Crippen LogP contribution in [0, 0.1) is 11.3 Å². The number of hydrogen-bond acceptors (Lipinski definition) is 7. The Morgan fingerprint density at radius 2 is 1.80 bits per heavy atom. The van der Waals surface area contributed by atoms with Crippen LogP contribution >= 0.6 is 0 Å². The number of aromatic nitrogens is 2. The van der Waals surface area contributed by atoms with Crippen molar-refractivity contribution in [1.29, 1.82) is 5.26 Å². The summed E-state index contributed by atoms with van der Waals surface area (Å²) in [5.41, 5.74) is 7.15. The minimum absolute atomic E-state index is 0.0515. The molecule has 0 aliphatic rings. The second kappa shape index (κ2) is 9.70. The number of anilines is 2. The molecule has 35 heavy (non-hydrogen) atoms. The summed E-state index contributed by atoms with van der Waals surface area (Å²) >= 11 is 0. The SMILES string of the molecule is COc1ccc(N(Cc2ccccc2)S(=O)(=O)c2cccc(C(=O)n3ncc(C#N)c3N)c2)cc1. The van der Waals surface area contributed by atoms with Crippen molar-refractivity contribution in [1.82, 2.24) is 9.78 Å². The summed E-state index contributed by atoms with van der Waals surface area (Å²) < 4.78 is 35.0. The fourth-order valence-electron chi connectivity index (χ4n) is 3.46. The van der Waals surface area contributed by atoms with E-state index in [1.807, 2.05) is 36.4 Å². The third-order valence-corrected chi connectivity index (χ3v) is 7.09. The summed E-state index contributed by atoms with van der Waals surface area (Å²) in [5, 5.41) is 12.9. The lowest BCUT2D eigenvalue weighted by molar-refractivity contribution is 0.0947. The monoisotopic (exact) mass is 487 g/mol. The quantitative estimate of drug-likeness (QED) is 0.422. The highest BCUT2D eigenvalue weighted by molar-refractivity contribution is 7.92. The van der Waals surface area contributed by atoms with E-state index in [-0.39, 0.29) is 28.4 Å². The number of nitriles is 1. The first kappa shape index (κ1) is 23.5. The smallest absolute Gasteiger partial charge is 0.280 e. The Kier molecular flexibility index (Phi) is 6.53. The average Bonchev–Trinajstić information content (AvgIpc) is 3.27. The first-order valence-electron chi connectivity index (χ1n) is 10.4. The number of sulfonamides is 1. The zero-order valence-corrected chi connectivity index (χ0v) is 19.5. The van der Waals surface area contributed by atoms with Gasteiger partial charge in [-0.3, -0.25) is 9.10 Å². The van der Waals surface area contributed by atoms with Gasteiger partial charge in [-0.15, -0.1) is 0 Å². The molecule has 4 aromatic rings. The molecular formula is C25H21N5O4S. The molecule has 0 atom stereocenters. The van der Waals surface area contributed by atoms with Crippen LogP contribution in [0.15, 0.2) is 90.0 Å². The van der Waals surface area contributed by atoms with Crippen LogP contribution in [0.1, 0.15) is 21.5 Å². The Morgan fingerprint density at radius 1 is 1.09 bits per heavy atom. The van der Waals surface area contributed by atoms with E-state index in [1.54, 1.807) is 24.3 Å². The third kappa shape index (κ3) is 4.71. The molecule has 0 unspecified atom stereocenters. The zero-order valence-electron chi connectivity index (χ0n) is 18.7. The fraction of sp³-hybridized carbons (Fsp3) is 0.0800. The van der Waals surface area contributed by atoms with Crippen molar-refractivity contribution < 1.29 is 17.9 Å². The molecule has 0 saturated carbocycles. The highest BCUT2D eigenvalue weighted by Crippen LogP contribution is 2.28. The molecule has 176 valence electrons. The van der Waals surface area contributed by atoms with E-state index in [0.29, 0.717) is 11.4 Å². The molecule has 10 heteroatoms. The number of nitrogen functional groups attached to an aromatic ring is 1. The van der Waals surface area contributed by atoms with Crippen LogP contribution in [0.4, 0.5) is 11.5 Å². The van der Waals surface area contributed by atoms with Crippen molar-refractivity contribution >= 4 is 27.4 Å². The fourth-order valence-corrected chi connectivity index (χ4v) is 4.96. The molecule has 1 aromatic heterocycles. The minimum Gasteiger partial charge on any atom is -0.497 e. The summed E-state index contributed by atoms with van der Waals surface area (Å²) in [7, 11) is -2.56. The maximum atomic E-state index is 13.8. The maximum absolute atomic E-state index is 13.8. The van der Waals surface area contributed by atoms with Crippen LogP contribution in [0.25, 0.3) is 0 Å². The topological polar surface area (TPSA) is 131 Å². The Labute approximate surface area is 202 Å². The molecule has 0 aliphatic heterocycles. The van der Waals surface area contributed by atoms with Gasteiger partial charge in [0.2, 0.25) is 0 Å². The van der Waals surface area contributed by atoms with Crippen molar-refractivity contribution in [2.75, 3.05) is 17.1 Å². The summed E-state index contributed by atoms with van der Waals surface area (Å²) in [4.78, 5) is 12.9. The third-order valence-electron chi connectivity index (χ3n) is 5.32. The lowest BCUT2D eigenvalue weighted by atomic mass is 10.2. The highest BCUT2D eigenvalue weighted by atomic mass is 32.2. The average molecular weight is 488 g/mol. The molecule has 0 amide bonds. The molecule has 4 rings (SSSR count). The number of benzene rings is 3. The number of nitrogens with zero attached hydrogens (tertiary/aromatic N) is 4. The van der Waals surface area contributed by atoms with Crippen molar-refractivity contribution in [3.8, 4) is 11.8 Å². The summed E-state index contributed by atoms with van der Waals surface area (Å²) in [6, 6.07) is 23.3. The van der Waals surface area contributed by atoms with Crippen LogP contribution in [0.3, 0.4) is 0 Å². The molecule has 0 aliphatic carbocycles. The van der Waals surface area contributed by atoms with Crippen LogP contribution in [0.5, 0.6) is 5.75 Å². The van der Waals surface area contributed by atoms with E-state index in [1.165, 1.54) is 41.9 Å². The number of nitrogens with two attached hydrogens (primary N) is 1. The number of methoxy groups -OCH3 is 1. The summed E-state index contributed by atoms with van der Waals surface area (Å²) in [5.74, 6) is -0.179. The first-order chi connectivity index (χ1) is 16.8. The minimum atomic E-state index is -4.09. The molecular weight excluding hydrogens is 466 g/mol. The summed E-state index contributed by atoms with van der Waals surface area (Å²) in [6.45, 7) is 0.0747. The predicted octanol–water partition coefficient (Wildman–Crippen LogP) is 3.43. The van der Waals surface area contributed by atoms with Crippen LogP contribution in [-0.2, 0) is 16.6 Å². The van der Waals surface area contributed by atoms with Gasteiger partial charge in [-0.1, -0.05) is 36.4 Å². The van der Waals surface area contributed by atoms with E-state index >= 15 is 0 Å². The second-order valence-electron chi connectivity index (χ2n) is 7.50. The lowest BCUT2D eigenvalue weighted by Crippen LogP contribution is -2.30. The largest absolute Gasteiger partial charge is 0.497 e. The predicted molar refractivity (Wildman–Crippen MR) is 130 cm³/mol. The van der Waals surface area contributed by atoms with E-state index in [2.05, 4.69) is 5.10 Å². The van der Waals surface area contributed by atoms with Gasteiger partial charge in [0.05, 0.1) is 30.4 Å². The van der Waals surface area contributed by atoms with Gasteiger partial charge in [0.25, 0.3) is 15.9 Å². The van der Waals surface area contributed by atoms with Gasteiger partial charge in [0.15, 0.2) is 0 Å². The first-order valence-corrected chi connectivity index (χ1v) is 11.9. The number of carbonyl (C=O) groups excluding carboxylic acids is 1. The molecule has 0 fully saturated rings. The number of ether oxygens (including phenoxy) is 1. The Balaban J connectivity index is 1.75. The van der Waals surface area contributed by atoms with Gasteiger partial charge >= 0.3 is 0 Å². The Hall–Kier alpha value is -4.62. The molecule has 0 spiro atoms. The Bertz CT molecular complexity index is 1510. The van der Waals surface area contributed by atoms with Gasteiger partial charge in [-0.05, 0) is 48.0 Å². The highest BCUT2D eigenvalue weighted by Gasteiger charge is 2.27. The molecule has 0 bridgehead atoms. The number of carbonyl (C=O) groups is 1. The van der Waals surface area contributed by atoms with Crippen LogP contribution in [-0.4, -0.2) is 31.2 Å². The van der Waals surface area contributed by atoms with Crippen LogP contribution in [0.2, 0.25) is 0 Å². The standard InChI is InChI=1S/C25H21N5O4S/c1-34-22-12-10-21(11-13-22)29(17-18-6-3-2-4-7-18)35(32,33)23-9-5-8-19(14-23)25(31)30-24(27)20(15-26)16-28-30/h2-14,16H,17,27H2,1H3. The van der Waals surface area contributed by atoms with E-state index < -0.39 is 15.9 Å². The summed E-state index contributed by atoms with van der Waals surface area (Å²) in [6.07, 6.45) is 1.18. The second-order valence-corrected chi connectivity index (χ2v) is 9.36. The van der Waals surface area contributed by atoms with Crippen LogP contribution < -0.4 is 14.8 Å². The molecule has 2 N–H and O–H groups in total. The Morgan fingerprint density at radius 3 is 2.43 bits per heavy atom. The van der Waals surface area contributed by atoms with Gasteiger partial charge in [-0.2, -0.15) is 15.0 Å². The molecule has 0 saturated heterocycles. The number of hydrogen-bond donors (Lipinski definition) is 1.